The van der Waals surface area contributed by atoms with Crippen LogP contribution in [0.1, 0.15) is 37.3 Å². The minimum Gasteiger partial charge on any atom is -0.426 e. The van der Waals surface area contributed by atoms with Gasteiger partial charge in [0, 0.05) is 58.0 Å². The summed E-state index contributed by atoms with van der Waals surface area (Å²) >= 11 is 0. The summed E-state index contributed by atoms with van der Waals surface area (Å²) < 4.78 is 80.4. The van der Waals surface area contributed by atoms with Gasteiger partial charge in [0.1, 0.15) is 0 Å². The largest absolute Gasteiger partial charge is 0.434 e. The number of alkyl halides is 6. The molecule has 12 heteroatoms. The van der Waals surface area contributed by atoms with Gasteiger partial charge in [-0.15, -0.1) is 0 Å². The lowest BCUT2D eigenvalue weighted by molar-refractivity contribution is -0.308. The highest BCUT2D eigenvalue weighted by Crippen LogP contribution is 2.42. The Morgan fingerprint density at radius 2 is 1.53 bits per heavy atom. The van der Waals surface area contributed by atoms with Gasteiger partial charge >= 0.3 is 18.4 Å². The average molecular weight is 551 g/mol. The van der Waals surface area contributed by atoms with Gasteiger partial charge in [-0.1, -0.05) is 19.1 Å². The molecule has 0 bridgehead atoms. The summed E-state index contributed by atoms with van der Waals surface area (Å²) in [5.41, 5.74) is 3.85. The second-order valence-corrected chi connectivity index (χ2v) is 10.8. The highest BCUT2D eigenvalue weighted by atomic mass is 19.4. The molecule has 4 rings (SSSR count). The van der Waals surface area contributed by atoms with Crippen molar-refractivity contribution in [2.75, 3.05) is 63.8 Å². The van der Waals surface area contributed by atoms with E-state index in [1.54, 1.807) is 0 Å². The summed E-state index contributed by atoms with van der Waals surface area (Å²) in [5, 5.41) is 0. The number of amides is 1. The van der Waals surface area contributed by atoms with E-state index in [0.29, 0.717) is 25.0 Å². The quantitative estimate of drug-likeness (QED) is 0.480. The van der Waals surface area contributed by atoms with E-state index in [-0.39, 0.29) is 13.1 Å². The Bertz CT molecular complexity index is 955. The molecule has 3 aliphatic rings. The zero-order valence-electron chi connectivity index (χ0n) is 21.9. The van der Waals surface area contributed by atoms with Crippen LogP contribution in [0.2, 0.25) is 0 Å². The van der Waals surface area contributed by atoms with E-state index in [2.05, 4.69) is 38.5 Å². The van der Waals surface area contributed by atoms with Crippen LogP contribution in [0.5, 0.6) is 0 Å². The molecule has 1 spiro atoms. The van der Waals surface area contributed by atoms with Crippen molar-refractivity contribution in [1.29, 1.82) is 0 Å². The first-order valence-electron chi connectivity index (χ1n) is 13.2. The molecule has 0 radical (unpaired) electrons. The van der Waals surface area contributed by atoms with Crippen LogP contribution >= 0.6 is 0 Å². The number of hydrogen-bond acceptors (Lipinski definition) is 5. The number of ether oxygens (including phenoxy) is 1. The fourth-order valence-electron chi connectivity index (χ4n) is 5.85. The zero-order valence-corrected chi connectivity index (χ0v) is 21.9. The number of anilines is 1. The minimum atomic E-state index is -5.72. The SMILES string of the molecule is CCN1CCC2(CCN(c3cc(C)ccc3CN3CCN(C(=O)OC(C(F)(F)F)C(F)(F)F)CC3)CC2)C1. The van der Waals surface area contributed by atoms with E-state index in [1.807, 2.05) is 13.0 Å². The molecule has 3 fully saturated rings. The first kappa shape index (κ1) is 28.8. The lowest BCUT2D eigenvalue weighted by Crippen LogP contribution is -2.52. The van der Waals surface area contributed by atoms with Crippen LogP contribution in [0, 0.1) is 12.3 Å². The Morgan fingerprint density at radius 1 is 0.921 bits per heavy atom. The van der Waals surface area contributed by atoms with Crippen molar-refractivity contribution in [3.63, 3.8) is 0 Å². The number of aryl methyl sites for hydroxylation is 1. The molecule has 3 heterocycles. The summed E-state index contributed by atoms with van der Waals surface area (Å²) in [6.07, 6.45) is -13.6. The van der Waals surface area contributed by atoms with Crippen molar-refractivity contribution in [1.82, 2.24) is 14.7 Å². The molecule has 3 aliphatic heterocycles. The van der Waals surface area contributed by atoms with Crippen molar-refractivity contribution in [3.05, 3.63) is 29.3 Å². The molecule has 0 aliphatic carbocycles. The van der Waals surface area contributed by atoms with Crippen LogP contribution < -0.4 is 4.90 Å². The van der Waals surface area contributed by atoms with Crippen molar-refractivity contribution in [2.45, 2.75) is 58.1 Å². The smallest absolute Gasteiger partial charge is 0.426 e. The molecular weight excluding hydrogens is 514 g/mol. The summed E-state index contributed by atoms with van der Waals surface area (Å²) in [7, 11) is 0. The Balaban J connectivity index is 1.34. The fraction of sp³-hybridized carbons (Fsp3) is 0.731. The van der Waals surface area contributed by atoms with Gasteiger partial charge in [-0.25, -0.2) is 4.79 Å². The molecule has 1 aromatic carbocycles. The molecule has 1 aromatic rings. The van der Waals surface area contributed by atoms with Crippen LogP contribution in [0.3, 0.4) is 0 Å². The second kappa shape index (κ2) is 11.1. The fourth-order valence-corrected chi connectivity index (χ4v) is 5.85. The molecule has 0 N–H and O–H groups in total. The van der Waals surface area contributed by atoms with Gasteiger partial charge in [0.05, 0.1) is 0 Å². The van der Waals surface area contributed by atoms with Crippen LogP contribution in [0.25, 0.3) is 0 Å². The third-order valence-electron chi connectivity index (χ3n) is 8.21. The maximum atomic E-state index is 12.8. The van der Waals surface area contributed by atoms with E-state index in [0.717, 1.165) is 55.0 Å². The lowest BCUT2D eigenvalue weighted by Gasteiger charge is -2.42. The van der Waals surface area contributed by atoms with Gasteiger partial charge in [-0.2, -0.15) is 26.3 Å². The number of piperazine rings is 1. The minimum absolute atomic E-state index is 0.0113. The summed E-state index contributed by atoms with van der Waals surface area (Å²) in [5.74, 6) is 0. The average Bonchev–Trinajstić information content (AvgIpc) is 3.25. The number of carbonyl (C=O) groups is 1. The van der Waals surface area contributed by atoms with Crippen molar-refractivity contribution in [3.8, 4) is 0 Å². The van der Waals surface area contributed by atoms with Gasteiger partial charge in [0.15, 0.2) is 0 Å². The zero-order chi connectivity index (χ0) is 27.7. The first-order chi connectivity index (χ1) is 17.8. The molecule has 1 amide bonds. The van der Waals surface area contributed by atoms with Crippen LogP contribution in [-0.4, -0.2) is 98.2 Å². The number of likely N-dealkylation sites (tertiary alicyclic amines) is 1. The predicted octanol–water partition coefficient (Wildman–Crippen LogP) is 5.05. The number of hydrogen-bond donors (Lipinski definition) is 0. The second-order valence-electron chi connectivity index (χ2n) is 10.8. The number of rotatable bonds is 5. The predicted molar refractivity (Wildman–Crippen MR) is 131 cm³/mol. The van der Waals surface area contributed by atoms with E-state index >= 15 is 0 Å². The Morgan fingerprint density at radius 3 is 2.08 bits per heavy atom. The molecule has 0 unspecified atom stereocenters. The van der Waals surface area contributed by atoms with Gasteiger partial charge in [-0.3, -0.25) is 4.90 Å². The van der Waals surface area contributed by atoms with E-state index < -0.39 is 24.5 Å². The number of nitrogens with zero attached hydrogens (tertiary/aromatic N) is 4. The number of benzene rings is 1. The van der Waals surface area contributed by atoms with Crippen LogP contribution in [-0.2, 0) is 11.3 Å². The third kappa shape index (κ3) is 6.67. The number of halogens is 6. The van der Waals surface area contributed by atoms with Gasteiger partial charge in [-0.05, 0) is 61.9 Å². The number of carbonyl (C=O) groups excluding carboxylic acids is 1. The Kier molecular flexibility index (Phi) is 8.42. The van der Waals surface area contributed by atoms with Crippen molar-refractivity contribution >= 4 is 11.8 Å². The molecular formula is C26H36F6N4O2. The van der Waals surface area contributed by atoms with Crippen LogP contribution in [0.15, 0.2) is 18.2 Å². The third-order valence-corrected chi connectivity index (χ3v) is 8.21. The Hall–Kier alpha value is -2.21. The van der Waals surface area contributed by atoms with Crippen LogP contribution in [0.4, 0.5) is 36.8 Å². The Labute approximate surface area is 219 Å². The number of piperidine rings is 1. The maximum absolute atomic E-state index is 12.8. The van der Waals surface area contributed by atoms with Crippen molar-refractivity contribution < 1.29 is 35.9 Å². The van der Waals surface area contributed by atoms with E-state index in [1.165, 1.54) is 18.7 Å². The lowest BCUT2D eigenvalue weighted by atomic mass is 9.77. The molecule has 38 heavy (non-hydrogen) atoms. The topological polar surface area (TPSA) is 39.3 Å². The molecule has 0 aromatic heterocycles. The highest BCUT2D eigenvalue weighted by Gasteiger charge is 2.60. The molecule has 214 valence electrons. The van der Waals surface area contributed by atoms with Gasteiger partial charge in [0.25, 0.3) is 6.10 Å². The molecule has 0 saturated carbocycles. The normalized spacial score (nSPS) is 21.5. The molecule has 3 saturated heterocycles. The first-order valence-corrected chi connectivity index (χ1v) is 13.2. The van der Waals surface area contributed by atoms with Gasteiger partial charge < -0.3 is 19.4 Å². The van der Waals surface area contributed by atoms with Crippen molar-refractivity contribution in [2.24, 2.45) is 5.41 Å². The summed E-state index contributed by atoms with van der Waals surface area (Å²) in [6.45, 7) is 10.8. The van der Waals surface area contributed by atoms with E-state index in [4.69, 9.17) is 0 Å². The molecule has 6 nitrogen and oxygen atoms in total. The monoisotopic (exact) mass is 550 g/mol. The highest BCUT2D eigenvalue weighted by molar-refractivity contribution is 5.68. The van der Waals surface area contributed by atoms with Gasteiger partial charge in [0.2, 0.25) is 0 Å². The van der Waals surface area contributed by atoms with E-state index in [9.17, 15) is 31.1 Å². The summed E-state index contributed by atoms with van der Waals surface area (Å²) in [4.78, 5) is 20.0. The molecule has 0 atom stereocenters. The maximum Gasteiger partial charge on any atom is 0.434 e. The summed E-state index contributed by atoms with van der Waals surface area (Å²) in [6, 6.07) is 6.31. The standard InChI is InChI=1S/C26H36F6N4O2/c1-3-33-9-6-24(18-33)7-10-35(11-8-24)21-16-19(2)4-5-20(21)17-34-12-14-36(15-13-34)23(37)38-22(25(27,28)29)26(30,31)32/h4-5,16,22H,3,6-15,17-18H2,1-2H3.